The summed E-state index contributed by atoms with van der Waals surface area (Å²) in [5, 5.41) is 26.9. The lowest BCUT2D eigenvalue weighted by Crippen LogP contribution is -2.35. The van der Waals surface area contributed by atoms with Crippen molar-refractivity contribution in [1.82, 2.24) is 0 Å². The molecule has 4 unspecified atom stereocenters. The molecule has 84 valence electrons. The second kappa shape index (κ2) is 4.21. The number of hydrogen-bond acceptors (Lipinski definition) is 8. The van der Waals surface area contributed by atoms with Crippen LogP contribution >= 0.6 is 7.82 Å². The molecule has 8 nitrogen and oxygen atoms in total. The fraction of sp³-hybridized carbons (Fsp3) is 1.00. The Morgan fingerprint density at radius 3 is 2.21 bits per heavy atom. The van der Waals surface area contributed by atoms with Crippen LogP contribution in [0, 0.1) is 0 Å². The van der Waals surface area contributed by atoms with Gasteiger partial charge in [-0.2, -0.15) is 0 Å². The molecule has 0 radical (unpaired) electrons. The van der Waals surface area contributed by atoms with Gasteiger partial charge < -0.3 is 38.9 Å². The van der Waals surface area contributed by atoms with Crippen molar-refractivity contribution >= 4 is 7.82 Å². The van der Waals surface area contributed by atoms with Crippen LogP contribution in [0.25, 0.3) is 0 Å². The van der Waals surface area contributed by atoms with Crippen molar-refractivity contribution in [3.05, 3.63) is 0 Å². The summed E-state index contributed by atoms with van der Waals surface area (Å²) in [4.78, 5) is 20.1. The van der Waals surface area contributed by atoms with E-state index in [1.54, 1.807) is 0 Å². The maximum atomic E-state index is 10.0. The second-order valence-electron chi connectivity index (χ2n) is 2.79. The van der Waals surface area contributed by atoms with E-state index < -0.39 is 39.0 Å². The minimum atomic E-state index is -5.14. The van der Waals surface area contributed by atoms with Gasteiger partial charge in [-0.25, -0.2) is 0 Å². The topological polar surface area (TPSA) is 142 Å². The Morgan fingerprint density at radius 2 is 1.86 bits per heavy atom. The summed E-state index contributed by atoms with van der Waals surface area (Å²) in [5.41, 5.74) is 0. The fourth-order valence-corrected chi connectivity index (χ4v) is 1.36. The first kappa shape index (κ1) is 12.0. The zero-order chi connectivity index (χ0) is 10.9. The molecule has 1 saturated heterocycles. The zero-order valence-corrected chi connectivity index (χ0v) is 7.74. The standard InChI is InChI=1S/C5H11O8P/c6-3-2(1-12-14(9,10)11)13-5(8)4(3)7/h2-8H,1H2,(H2,9,10,11)/p-2. The van der Waals surface area contributed by atoms with Crippen molar-refractivity contribution in [3.8, 4) is 0 Å². The molecule has 0 aliphatic carbocycles. The summed E-state index contributed by atoms with van der Waals surface area (Å²) in [5.74, 6) is 0. The van der Waals surface area contributed by atoms with E-state index in [0.29, 0.717) is 0 Å². The van der Waals surface area contributed by atoms with Gasteiger partial charge in [0.1, 0.15) is 18.3 Å². The van der Waals surface area contributed by atoms with Crippen LogP contribution in [0.5, 0.6) is 0 Å². The van der Waals surface area contributed by atoms with Crippen molar-refractivity contribution in [2.45, 2.75) is 24.6 Å². The van der Waals surface area contributed by atoms with E-state index >= 15 is 0 Å². The lowest BCUT2D eigenvalue weighted by atomic mass is 10.1. The quantitative estimate of drug-likeness (QED) is 0.418. The molecule has 0 aromatic heterocycles. The van der Waals surface area contributed by atoms with Gasteiger partial charge in [0.05, 0.1) is 14.4 Å². The molecule has 1 aliphatic heterocycles. The first-order valence-corrected chi connectivity index (χ1v) is 5.13. The van der Waals surface area contributed by atoms with Crippen LogP contribution in [0.2, 0.25) is 0 Å². The minimum Gasteiger partial charge on any atom is -0.790 e. The van der Waals surface area contributed by atoms with Crippen LogP contribution in [-0.2, 0) is 13.8 Å². The number of phosphoric acid groups is 1. The molecule has 0 bridgehead atoms. The monoisotopic (exact) mass is 228 g/mol. The fourth-order valence-electron chi connectivity index (χ4n) is 1.03. The maximum absolute atomic E-state index is 10.0. The second-order valence-corrected chi connectivity index (χ2v) is 3.94. The molecule has 9 heteroatoms. The van der Waals surface area contributed by atoms with Crippen LogP contribution < -0.4 is 9.79 Å². The van der Waals surface area contributed by atoms with E-state index in [4.69, 9.17) is 15.3 Å². The van der Waals surface area contributed by atoms with Crippen LogP contribution in [0.4, 0.5) is 0 Å². The molecule has 14 heavy (non-hydrogen) atoms. The first-order valence-electron chi connectivity index (χ1n) is 3.67. The van der Waals surface area contributed by atoms with Crippen molar-refractivity contribution in [3.63, 3.8) is 0 Å². The van der Waals surface area contributed by atoms with Crippen LogP contribution in [0.1, 0.15) is 0 Å². The zero-order valence-electron chi connectivity index (χ0n) is 6.85. The number of aliphatic hydroxyl groups is 3. The van der Waals surface area contributed by atoms with Crippen molar-refractivity contribution in [2.24, 2.45) is 0 Å². The highest BCUT2D eigenvalue weighted by molar-refractivity contribution is 7.43. The Balaban J connectivity index is 2.44. The van der Waals surface area contributed by atoms with Crippen LogP contribution in [0.15, 0.2) is 0 Å². The highest BCUT2D eigenvalue weighted by atomic mass is 31.2. The number of phosphoric ester groups is 1. The van der Waals surface area contributed by atoms with Crippen molar-refractivity contribution in [1.29, 1.82) is 0 Å². The summed E-state index contributed by atoms with van der Waals surface area (Å²) in [6.07, 6.45) is -5.88. The smallest absolute Gasteiger partial charge is 0.184 e. The summed E-state index contributed by atoms with van der Waals surface area (Å²) in [6, 6.07) is 0. The van der Waals surface area contributed by atoms with Gasteiger partial charge in [-0.3, -0.25) is 0 Å². The first-order chi connectivity index (χ1) is 6.31. The molecule has 0 saturated carbocycles. The third kappa shape index (κ3) is 2.97. The van der Waals surface area contributed by atoms with Gasteiger partial charge in [0.15, 0.2) is 6.29 Å². The third-order valence-electron chi connectivity index (χ3n) is 1.73. The highest BCUT2D eigenvalue weighted by Crippen LogP contribution is 2.28. The summed E-state index contributed by atoms with van der Waals surface area (Å²) in [7, 11) is -5.14. The Labute approximate surface area is 78.9 Å². The minimum absolute atomic E-state index is 0.737. The van der Waals surface area contributed by atoms with Gasteiger partial charge in [0, 0.05) is 0 Å². The van der Waals surface area contributed by atoms with E-state index in [2.05, 4.69) is 9.26 Å². The molecule has 0 amide bonds. The van der Waals surface area contributed by atoms with Gasteiger partial charge in [-0.1, -0.05) is 0 Å². The number of aliphatic hydroxyl groups excluding tert-OH is 3. The molecule has 1 fully saturated rings. The van der Waals surface area contributed by atoms with Gasteiger partial charge in [-0.05, 0) is 0 Å². The molecule has 1 heterocycles. The summed E-state index contributed by atoms with van der Waals surface area (Å²) < 4.78 is 18.4. The van der Waals surface area contributed by atoms with Crippen molar-refractivity contribution in [2.75, 3.05) is 6.61 Å². The number of ether oxygens (including phenoxy) is 1. The predicted octanol–water partition coefficient (Wildman–Crippen LogP) is -3.73. The van der Waals surface area contributed by atoms with Gasteiger partial charge in [-0.15, -0.1) is 0 Å². The van der Waals surface area contributed by atoms with Crippen molar-refractivity contribution < 1.29 is 38.9 Å². The summed E-state index contributed by atoms with van der Waals surface area (Å²) >= 11 is 0. The normalized spacial score (nSPS) is 38.9. The van der Waals surface area contributed by atoms with E-state index in [1.807, 2.05) is 0 Å². The Bertz CT molecular complexity index is 238. The Morgan fingerprint density at radius 1 is 1.29 bits per heavy atom. The average Bonchev–Trinajstić information content (AvgIpc) is 2.28. The van der Waals surface area contributed by atoms with Crippen LogP contribution in [-0.4, -0.2) is 46.5 Å². The number of rotatable bonds is 3. The SMILES string of the molecule is O=P([O-])([O-])OCC1OC(O)C(O)C1O. The van der Waals surface area contributed by atoms with Gasteiger partial charge >= 0.3 is 0 Å². The third-order valence-corrected chi connectivity index (χ3v) is 2.20. The molecular formula is C5H9O8P-2. The van der Waals surface area contributed by atoms with Gasteiger partial charge in [0.25, 0.3) is 0 Å². The average molecular weight is 228 g/mol. The maximum Gasteiger partial charge on any atom is 0.184 e. The van der Waals surface area contributed by atoms with Gasteiger partial charge in [0.2, 0.25) is 0 Å². The Hall–Kier alpha value is -0.0500. The molecule has 0 aromatic rings. The molecule has 0 aromatic carbocycles. The van der Waals surface area contributed by atoms with E-state index in [0.717, 1.165) is 0 Å². The molecule has 1 rings (SSSR count). The highest BCUT2D eigenvalue weighted by Gasteiger charge is 2.41. The molecule has 0 spiro atoms. The Kier molecular flexibility index (Phi) is 3.62. The predicted molar refractivity (Wildman–Crippen MR) is 36.5 cm³/mol. The van der Waals surface area contributed by atoms with E-state index in [-0.39, 0.29) is 0 Å². The largest absolute Gasteiger partial charge is 0.790 e. The molecular weight excluding hydrogens is 219 g/mol. The van der Waals surface area contributed by atoms with E-state index in [9.17, 15) is 14.4 Å². The van der Waals surface area contributed by atoms with E-state index in [1.165, 1.54) is 0 Å². The summed E-state index contributed by atoms with van der Waals surface area (Å²) in [6.45, 7) is -0.737. The lowest BCUT2D eigenvalue weighted by molar-refractivity contribution is -0.343. The lowest BCUT2D eigenvalue weighted by Gasteiger charge is -2.30. The number of hydrogen-bond donors (Lipinski definition) is 3. The molecule has 3 N–H and O–H groups in total. The van der Waals surface area contributed by atoms with Crippen LogP contribution in [0.3, 0.4) is 0 Å². The molecule has 1 aliphatic rings. The molecule has 4 atom stereocenters.